The lowest BCUT2D eigenvalue weighted by molar-refractivity contribution is -0.131. The van der Waals surface area contributed by atoms with Crippen LogP contribution in [0.15, 0.2) is 53.0 Å². The van der Waals surface area contributed by atoms with Gasteiger partial charge < -0.3 is 14.4 Å². The van der Waals surface area contributed by atoms with E-state index in [-0.39, 0.29) is 5.91 Å². The number of hydrogen-bond donors (Lipinski definition) is 0. The minimum absolute atomic E-state index is 0.231. The molecule has 0 atom stereocenters. The van der Waals surface area contributed by atoms with Gasteiger partial charge in [-0.3, -0.25) is 9.69 Å². The Bertz CT molecular complexity index is 782. The Morgan fingerprint density at radius 1 is 1.03 bits per heavy atom. The van der Waals surface area contributed by atoms with Crippen molar-refractivity contribution in [3.8, 4) is 11.5 Å². The first-order valence-corrected chi connectivity index (χ1v) is 10.9. The topological polar surface area (TPSA) is 42.0 Å². The standard InChI is InChI=1S/C23H29BrN2O3/c1-28-21-10-8-19(9-11-21)18-25-12-4-13-26(15-14-25)23(27)7-3-16-29-22-6-2-5-20(24)17-22/h2,5-6,8-11,17H,3-4,7,12-16,18H2,1H3. The van der Waals surface area contributed by atoms with Crippen molar-refractivity contribution in [1.29, 1.82) is 0 Å². The zero-order valence-corrected chi connectivity index (χ0v) is 18.6. The first kappa shape index (κ1) is 21.7. The fourth-order valence-corrected chi connectivity index (χ4v) is 3.87. The number of amides is 1. The minimum Gasteiger partial charge on any atom is -0.497 e. The fraction of sp³-hybridized carbons (Fsp3) is 0.435. The molecule has 0 N–H and O–H groups in total. The summed E-state index contributed by atoms with van der Waals surface area (Å²) < 4.78 is 11.9. The molecule has 1 aliphatic rings. The molecule has 29 heavy (non-hydrogen) atoms. The van der Waals surface area contributed by atoms with Crippen LogP contribution in [0.4, 0.5) is 0 Å². The van der Waals surface area contributed by atoms with Crippen molar-refractivity contribution in [1.82, 2.24) is 9.80 Å². The van der Waals surface area contributed by atoms with Crippen LogP contribution in [0.5, 0.6) is 11.5 Å². The van der Waals surface area contributed by atoms with Crippen LogP contribution in [0.3, 0.4) is 0 Å². The monoisotopic (exact) mass is 460 g/mol. The molecule has 0 aliphatic carbocycles. The lowest BCUT2D eigenvalue weighted by Gasteiger charge is -2.22. The number of carbonyl (C=O) groups is 1. The number of methoxy groups -OCH3 is 1. The number of nitrogens with zero attached hydrogens (tertiary/aromatic N) is 2. The molecule has 0 radical (unpaired) electrons. The quantitative estimate of drug-likeness (QED) is 0.549. The van der Waals surface area contributed by atoms with E-state index in [0.29, 0.717) is 13.0 Å². The van der Waals surface area contributed by atoms with E-state index >= 15 is 0 Å². The average molecular weight is 461 g/mol. The molecule has 1 saturated heterocycles. The van der Waals surface area contributed by atoms with Gasteiger partial charge in [-0.2, -0.15) is 0 Å². The predicted octanol–water partition coefficient (Wildman–Crippen LogP) is 4.35. The van der Waals surface area contributed by atoms with E-state index in [4.69, 9.17) is 9.47 Å². The Kier molecular flexibility index (Phi) is 8.38. The molecule has 3 rings (SSSR count). The van der Waals surface area contributed by atoms with Gasteiger partial charge in [-0.1, -0.05) is 34.1 Å². The van der Waals surface area contributed by atoms with Crippen molar-refractivity contribution in [3.05, 3.63) is 58.6 Å². The van der Waals surface area contributed by atoms with Gasteiger partial charge >= 0.3 is 0 Å². The molecule has 156 valence electrons. The molecule has 1 amide bonds. The highest BCUT2D eigenvalue weighted by molar-refractivity contribution is 9.10. The van der Waals surface area contributed by atoms with Crippen LogP contribution < -0.4 is 9.47 Å². The van der Waals surface area contributed by atoms with E-state index in [1.165, 1.54) is 5.56 Å². The van der Waals surface area contributed by atoms with Crippen LogP contribution in [-0.2, 0) is 11.3 Å². The Hall–Kier alpha value is -2.05. The van der Waals surface area contributed by atoms with Gasteiger partial charge in [-0.15, -0.1) is 0 Å². The maximum Gasteiger partial charge on any atom is 0.222 e. The van der Waals surface area contributed by atoms with Crippen LogP contribution >= 0.6 is 15.9 Å². The summed E-state index contributed by atoms with van der Waals surface area (Å²) in [6.45, 7) is 5.02. The van der Waals surface area contributed by atoms with Gasteiger partial charge in [0.25, 0.3) is 0 Å². The predicted molar refractivity (Wildman–Crippen MR) is 118 cm³/mol. The van der Waals surface area contributed by atoms with E-state index in [9.17, 15) is 4.79 Å². The summed E-state index contributed by atoms with van der Waals surface area (Å²) in [5, 5.41) is 0. The summed E-state index contributed by atoms with van der Waals surface area (Å²) in [5.74, 6) is 1.94. The van der Waals surface area contributed by atoms with Gasteiger partial charge in [0.2, 0.25) is 5.91 Å². The zero-order chi connectivity index (χ0) is 20.5. The number of rotatable bonds is 8. The highest BCUT2D eigenvalue weighted by atomic mass is 79.9. The Morgan fingerprint density at radius 2 is 1.86 bits per heavy atom. The van der Waals surface area contributed by atoms with Gasteiger partial charge in [-0.05, 0) is 48.7 Å². The molecule has 0 unspecified atom stereocenters. The van der Waals surface area contributed by atoms with Crippen LogP contribution in [0.2, 0.25) is 0 Å². The van der Waals surface area contributed by atoms with E-state index < -0.39 is 0 Å². The van der Waals surface area contributed by atoms with Crippen LogP contribution in [0.1, 0.15) is 24.8 Å². The molecule has 5 nitrogen and oxygen atoms in total. The highest BCUT2D eigenvalue weighted by Crippen LogP contribution is 2.18. The summed E-state index contributed by atoms with van der Waals surface area (Å²) in [4.78, 5) is 17.0. The van der Waals surface area contributed by atoms with E-state index in [2.05, 4.69) is 33.0 Å². The molecule has 0 saturated carbocycles. The Balaban J connectivity index is 1.38. The van der Waals surface area contributed by atoms with Crippen LogP contribution in [-0.4, -0.2) is 55.6 Å². The largest absolute Gasteiger partial charge is 0.497 e. The van der Waals surface area contributed by atoms with Gasteiger partial charge in [0.1, 0.15) is 11.5 Å². The fourth-order valence-electron chi connectivity index (χ4n) is 3.50. The molecule has 2 aromatic carbocycles. The smallest absolute Gasteiger partial charge is 0.222 e. The summed E-state index contributed by atoms with van der Waals surface area (Å²) in [7, 11) is 1.68. The van der Waals surface area contributed by atoms with Crippen molar-refractivity contribution >= 4 is 21.8 Å². The van der Waals surface area contributed by atoms with E-state index in [1.807, 2.05) is 41.3 Å². The van der Waals surface area contributed by atoms with E-state index in [0.717, 1.165) is 61.5 Å². The number of halogens is 1. The van der Waals surface area contributed by atoms with Crippen molar-refractivity contribution in [2.24, 2.45) is 0 Å². The zero-order valence-electron chi connectivity index (χ0n) is 17.0. The number of benzene rings is 2. The van der Waals surface area contributed by atoms with Crippen LogP contribution in [0, 0.1) is 0 Å². The Morgan fingerprint density at radius 3 is 2.62 bits per heavy atom. The summed E-state index contributed by atoms with van der Waals surface area (Å²) >= 11 is 3.44. The average Bonchev–Trinajstić information content (AvgIpc) is 2.97. The van der Waals surface area contributed by atoms with Crippen molar-refractivity contribution < 1.29 is 14.3 Å². The summed E-state index contributed by atoms with van der Waals surface area (Å²) in [5.41, 5.74) is 1.27. The second-order valence-corrected chi connectivity index (χ2v) is 8.18. The first-order valence-electron chi connectivity index (χ1n) is 10.2. The van der Waals surface area contributed by atoms with E-state index in [1.54, 1.807) is 7.11 Å². The maximum absolute atomic E-state index is 12.6. The SMILES string of the molecule is COc1ccc(CN2CCCN(C(=O)CCCOc3cccc(Br)c3)CC2)cc1. The molecule has 0 bridgehead atoms. The molecule has 1 aliphatic heterocycles. The van der Waals surface area contributed by atoms with Gasteiger partial charge in [-0.25, -0.2) is 0 Å². The maximum atomic E-state index is 12.6. The third-order valence-corrected chi connectivity index (χ3v) is 5.60. The number of carbonyl (C=O) groups excluding carboxylic acids is 1. The minimum atomic E-state index is 0.231. The molecule has 6 heteroatoms. The number of hydrogen-bond acceptors (Lipinski definition) is 4. The molecular weight excluding hydrogens is 432 g/mol. The van der Waals surface area contributed by atoms with Crippen molar-refractivity contribution in [2.45, 2.75) is 25.8 Å². The molecule has 2 aromatic rings. The summed E-state index contributed by atoms with van der Waals surface area (Å²) in [6, 6.07) is 16.0. The molecule has 1 fully saturated rings. The third-order valence-electron chi connectivity index (χ3n) is 5.11. The molecule has 1 heterocycles. The molecular formula is C23H29BrN2O3. The summed E-state index contributed by atoms with van der Waals surface area (Å²) in [6.07, 6.45) is 2.28. The van der Waals surface area contributed by atoms with Crippen LogP contribution in [0.25, 0.3) is 0 Å². The molecule has 0 aromatic heterocycles. The van der Waals surface area contributed by atoms with Gasteiger partial charge in [0.15, 0.2) is 0 Å². The van der Waals surface area contributed by atoms with Crippen molar-refractivity contribution in [3.63, 3.8) is 0 Å². The normalized spacial score (nSPS) is 15.0. The van der Waals surface area contributed by atoms with Gasteiger partial charge in [0, 0.05) is 43.6 Å². The molecule has 0 spiro atoms. The first-order chi connectivity index (χ1) is 14.1. The third kappa shape index (κ3) is 7.05. The second-order valence-electron chi connectivity index (χ2n) is 7.27. The highest BCUT2D eigenvalue weighted by Gasteiger charge is 2.19. The van der Waals surface area contributed by atoms with Crippen molar-refractivity contribution in [2.75, 3.05) is 39.9 Å². The number of ether oxygens (including phenoxy) is 2. The second kappa shape index (κ2) is 11.2. The van der Waals surface area contributed by atoms with Gasteiger partial charge in [0.05, 0.1) is 13.7 Å². The lowest BCUT2D eigenvalue weighted by atomic mass is 10.2. The Labute approximate surface area is 181 Å². The lowest BCUT2D eigenvalue weighted by Crippen LogP contribution is -2.35.